The topological polar surface area (TPSA) is 93.7 Å². The molecule has 0 unspecified atom stereocenters. The number of carbonyl (C=O) groups excluding carboxylic acids is 2. The monoisotopic (exact) mass is 382 g/mol. The molecule has 0 saturated carbocycles. The minimum atomic E-state index is -0.265. The lowest BCUT2D eigenvalue weighted by Crippen LogP contribution is -2.41. The molecule has 2 fully saturated rings. The third-order valence-corrected chi connectivity index (χ3v) is 6.00. The number of carbonyl (C=O) groups is 2. The maximum absolute atomic E-state index is 12.7. The van der Waals surface area contributed by atoms with Gasteiger partial charge in [-0.15, -0.1) is 10.2 Å². The molecule has 0 bridgehead atoms. The van der Waals surface area contributed by atoms with E-state index in [4.69, 9.17) is 4.74 Å². The Labute approximate surface area is 157 Å². The Hall–Kier alpha value is -1.58. The predicted molar refractivity (Wildman–Crippen MR) is 96.3 cm³/mol. The van der Waals surface area contributed by atoms with E-state index in [0.29, 0.717) is 30.6 Å². The summed E-state index contributed by atoms with van der Waals surface area (Å²) >= 11 is 1.44. The number of rotatable bonds is 6. The van der Waals surface area contributed by atoms with Gasteiger partial charge in [-0.3, -0.25) is 9.59 Å². The van der Waals surface area contributed by atoms with Crippen molar-refractivity contribution in [2.24, 2.45) is 0 Å². The van der Waals surface area contributed by atoms with E-state index in [1.165, 1.54) is 18.4 Å². The molecule has 3 heterocycles. The lowest BCUT2D eigenvalue weighted by molar-refractivity contribution is -0.142. The SMILES string of the molecule is COC(=O)CCOC1CCN(C(=O)c2nnc(C3CCNCC3)s2)CC1. The van der Waals surface area contributed by atoms with Crippen LogP contribution in [0.3, 0.4) is 0 Å². The number of esters is 1. The highest BCUT2D eigenvalue weighted by atomic mass is 32.1. The molecule has 1 aromatic rings. The molecule has 0 aromatic carbocycles. The van der Waals surface area contributed by atoms with E-state index in [2.05, 4.69) is 20.3 Å². The van der Waals surface area contributed by atoms with Crippen LogP contribution in [0.2, 0.25) is 0 Å². The highest BCUT2D eigenvalue weighted by Crippen LogP contribution is 2.28. The summed E-state index contributed by atoms with van der Waals surface area (Å²) in [6.07, 6.45) is 4.00. The van der Waals surface area contributed by atoms with Gasteiger partial charge in [-0.25, -0.2) is 0 Å². The third kappa shape index (κ3) is 4.99. The summed E-state index contributed by atoms with van der Waals surface area (Å²) in [7, 11) is 1.37. The number of hydrogen-bond donors (Lipinski definition) is 1. The van der Waals surface area contributed by atoms with Crippen molar-refractivity contribution in [2.75, 3.05) is 39.9 Å². The van der Waals surface area contributed by atoms with Gasteiger partial charge >= 0.3 is 5.97 Å². The van der Waals surface area contributed by atoms with Gasteiger partial charge in [-0.05, 0) is 38.8 Å². The van der Waals surface area contributed by atoms with Crippen LogP contribution in [0.4, 0.5) is 0 Å². The molecule has 8 nitrogen and oxygen atoms in total. The van der Waals surface area contributed by atoms with Crippen LogP contribution < -0.4 is 5.32 Å². The van der Waals surface area contributed by atoms with Crippen molar-refractivity contribution >= 4 is 23.2 Å². The fraction of sp³-hybridized carbons (Fsp3) is 0.765. The van der Waals surface area contributed by atoms with Crippen molar-refractivity contribution in [1.82, 2.24) is 20.4 Å². The highest BCUT2D eigenvalue weighted by Gasteiger charge is 2.28. The molecule has 0 spiro atoms. The second-order valence-electron chi connectivity index (χ2n) is 6.66. The van der Waals surface area contributed by atoms with Crippen LogP contribution in [-0.4, -0.2) is 73.0 Å². The first-order valence-corrected chi connectivity index (χ1v) is 10.0. The van der Waals surface area contributed by atoms with Gasteiger partial charge in [0.05, 0.1) is 26.2 Å². The van der Waals surface area contributed by atoms with Gasteiger partial charge in [0.2, 0.25) is 5.01 Å². The molecule has 3 rings (SSSR count). The summed E-state index contributed by atoms with van der Waals surface area (Å²) in [5.74, 6) is 0.123. The third-order valence-electron chi connectivity index (χ3n) is 4.93. The van der Waals surface area contributed by atoms with Gasteiger partial charge in [0.1, 0.15) is 5.01 Å². The number of ether oxygens (including phenoxy) is 2. The Morgan fingerprint density at radius 2 is 1.92 bits per heavy atom. The average molecular weight is 382 g/mol. The molecule has 0 radical (unpaired) electrons. The van der Waals surface area contributed by atoms with E-state index in [1.54, 1.807) is 0 Å². The zero-order chi connectivity index (χ0) is 18.4. The number of hydrogen-bond acceptors (Lipinski definition) is 8. The molecule has 144 valence electrons. The van der Waals surface area contributed by atoms with E-state index in [9.17, 15) is 9.59 Å². The van der Waals surface area contributed by atoms with E-state index >= 15 is 0 Å². The molecule has 1 aromatic heterocycles. The highest BCUT2D eigenvalue weighted by molar-refractivity contribution is 7.13. The Morgan fingerprint density at radius 3 is 2.62 bits per heavy atom. The summed E-state index contributed by atoms with van der Waals surface area (Å²) in [6, 6.07) is 0. The van der Waals surface area contributed by atoms with Gasteiger partial charge in [0, 0.05) is 19.0 Å². The lowest BCUT2D eigenvalue weighted by atomic mass is 9.99. The zero-order valence-electron chi connectivity index (χ0n) is 15.1. The number of piperidine rings is 2. The van der Waals surface area contributed by atoms with Crippen molar-refractivity contribution in [3.05, 3.63) is 10.0 Å². The van der Waals surface area contributed by atoms with Crippen molar-refractivity contribution in [1.29, 1.82) is 0 Å². The molecule has 2 saturated heterocycles. The Kier molecular flexibility index (Phi) is 6.93. The zero-order valence-corrected chi connectivity index (χ0v) is 15.9. The van der Waals surface area contributed by atoms with Crippen molar-refractivity contribution in [3.63, 3.8) is 0 Å². The van der Waals surface area contributed by atoms with Crippen LogP contribution >= 0.6 is 11.3 Å². The van der Waals surface area contributed by atoms with E-state index in [0.717, 1.165) is 43.8 Å². The molecule has 1 amide bonds. The second-order valence-corrected chi connectivity index (χ2v) is 7.67. The molecule has 9 heteroatoms. The van der Waals surface area contributed by atoms with Crippen molar-refractivity contribution < 1.29 is 19.1 Å². The fourth-order valence-electron chi connectivity index (χ4n) is 3.33. The lowest BCUT2D eigenvalue weighted by Gasteiger charge is -2.31. The molecular weight excluding hydrogens is 356 g/mol. The molecular formula is C17H26N4O4S. The van der Waals surface area contributed by atoms with Crippen LogP contribution in [0.1, 0.15) is 52.8 Å². The van der Waals surface area contributed by atoms with Crippen molar-refractivity contribution in [3.8, 4) is 0 Å². The number of nitrogens with zero attached hydrogens (tertiary/aromatic N) is 3. The van der Waals surface area contributed by atoms with Gasteiger partial charge in [-0.1, -0.05) is 11.3 Å². The molecule has 26 heavy (non-hydrogen) atoms. The molecule has 0 aliphatic carbocycles. The van der Waals surface area contributed by atoms with Crippen LogP contribution in [0.15, 0.2) is 0 Å². The summed E-state index contributed by atoms with van der Waals surface area (Å²) in [6.45, 7) is 3.64. The van der Waals surface area contributed by atoms with Crippen LogP contribution in [0, 0.1) is 0 Å². The van der Waals surface area contributed by atoms with Gasteiger partial charge in [0.25, 0.3) is 5.91 Å². The summed E-state index contributed by atoms with van der Waals surface area (Å²) in [4.78, 5) is 25.6. The maximum atomic E-state index is 12.7. The van der Waals surface area contributed by atoms with Crippen LogP contribution in [-0.2, 0) is 14.3 Å². The molecule has 1 N–H and O–H groups in total. The first-order valence-electron chi connectivity index (χ1n) is 9.19. The number of likely N-dealkylation sites (tertiary alicyclic amines) is 1. The quantitative estimate of drug-likeness (QED) is 0.739. The molecule has 2 aliphatic heterocycles. The van der Waals surface area contributed by atoms with E-state index in [1.807, 2.05) is 4.90 Å². The first-order chi connectivity index (χ1) is 12.7. The molecule has 2 aliphatic rings. The smallest absolute Gasteiger partial charge is 0.307 e. The summed E-state index contributed by atoms with van der Waals surface area (Å²) in [5.41, 5.74) is 0. The standard InChI is InChI=1S/C17H26N4O4S/c1-24-14(22)6-11-25-13-4-9-21(10-5-13)17(23)16-20-19-15(26-16)12-2-7-18-8-3-12/h12-13,18H,2-11H2,1H3. The maximum Gasteiger partial charge on any atom is 0.307 e. The van der Waals surface area contributed by atoms with Crippen LogP contribution in [0.25, 0.3) is 0 Å². The minimum absolute atomic E-state index is 0.0318. The Bertz CT molecular complexity index is 610. The van der Waals surface area contributed by atoms with Crippen LogP contribution in [0.5, 0.6) is 0 Å². The Balaban J connectivity index is 1.45. The number of aromatic nitrogens is 2. The Morgan fingerprint density at radius 1 is 1.19 bits per heavy atom. The van der Waals surface area contributed by atoms with Gasteiger partial charge in [-0.2, -0.15) is 0 Å². The summed E-state index contributed by atoms with van der Waals surface area (Å²) < 4.78 is 10.3. The van der Waals surface area contributed by atoms with Gasteiger partial charge in [0.15, 0.2) is 0 Å². The fourth-order valence-corrected chi connectivity index (χ4v) is 4.31. The summed E-state index contributed by atoms with van der Waals surface area (Å²) in [5, 5.41) is 13.2. The molecule has 0 atom stereocenters. The normalized spacial score (nSPS) is 19.5. The largest absolute Gasteiger partial charge is 0.469 e. The first kappa shape index (κ1) is 19.2. The minimum Gasteiger partial charge on any atom is -0.469 e. The number of amides is 1. The van der Waals surface area contributed by atoms with E-state index < -0.39 is 0 Å². The predicted octanol–water partition coefficient (Wildman–Crippen LogP) is 1.19. The second kappa shape index (κ2) is 9.38. The van der Waals surface area contributed by atoms with E-state index in [-0.39, 0.29) is 24.4 Å². The van der Waals surface area contributed by atoms with Crippen molar-refractivity contribution in [2.45, 2.75) is 44.1 Å². The van der Waals surface area contributed by atoms with Gasteiger partial charge < -0.3 is 19.7 Å². The average Bonchev–Trinajstić information content (AvgIpc) is 3.19. The number of methoxy groups -OCH3 is 1. The number of nitrogens with one attached hydrogen (secondary N) is 1.